The molecule has 1 fully saturated rings. The number of nitrogens with one attached hydrogen (secondary N) is 1. The van der Waals surface area contributed by atoms with E-state index in [9.17, 15) is 9.90 Å². The number of hydrogen-bond donors (Lipinski definition) is 2. The van der Waals surface area contributed by atoms with Crippen molar-refractivity contribution in [2.75, 3.05) is 6.54 Å². The summed E-state index contributed by atoms with van der Waals surface area (Å²) >= 11 is 9.26. The van der Waals surface area contributed by atoms with E-state index in [0.717, 1.165) is 32.1 Å². The number of carbonyl (C=O) groups is 1. The number of halogens is 2. The molecular formula is C16H21BrClNO2. The van der Waals surface area contributed by atoms with E-state index in [1.165, 1.54) is 0 Å². The molecule has 1 saturated carbocycles. The monoisotopic (exact) mass is 373 g/mol. The molecule has 3 nitrogen and oxygen atoms in total. The second kappa shape index (κ2) is 7.12. The van der Waals surface area contributed by atoms with Crippen molar-refractivity contribution in [2.24, 2.45) is 5.92 Å². The molecule has 0 radical (unpaired) electrons. The SMILES string of the molecule is CCC1CCC(O)(CNC(=O)c2cc(Cl)ccc2Br)CC1. The van der Waals surface area contributed by atoms with Crippen molar-refractivity contribution >= 4 is 33.4 Å². The van der Waals surface area contributed by atoms with Gasteiger partial charge in [-0.3, -0.25) is 4.79 Å². The minimum atomic E-state index is -0.771. The largest absolute Gasteiger partial charge is 0.388 e. The molecule has 1 aromatic rings. The number of amides is 1. The lowest BCUT2D eigenvalue weighted by atomic mass is 9.78. The zero-order valence-corrected chi connectivity index (χ0v) is 14.5. The van der Waals surface area contributed by atoms with E-state index >= 15 is 0 Å². The smallest absolute Gasteiger partial charge is 0.252 e. The van der Waals surface area contributed by atoms with E-state index < -0.39 is 5.60 Å². The highest BCUT2D eigenvalue weighted by Gasteiger charge is 2.33. The van der Waals surface area contributed by atoms with Crippen LogP contribution in [0.5, 0.6) is 0 Å². The van der Waals surface area contributed by atoms with Crippen molar-refractivity contribution in [3.8, 4) is 0 Å². The zero-order valence-electron chi connectivity index (χ0n) is 12.2. The van der Waals surface area contributed by atoms with Gasteiger partial charge in [0, 0.05) is 16.0 Å². The number of hydrogen-bond acceptors (Lipinski definition) is 2. The molecule has 0 atom stereocenters. The molecule has 2 N–H and O–H groups in total. The van der Waals surface area contributed by atoms with Crippen molar-refractivity contribution in [1.82, 2.24) is 5.32 Å². The molecule has 116 valence electrons. The maximum absolute atomic E-state index is 12.2. The van der Waals surface area contributed by atoms with Crippen LogP contribution in [0.4, 0.5) is 0 Å². The molecule has 0 heterocycles. The molecule has 1 aliphatic rings. The Bertz CT molecular complexity index is 513. The summed E-state index contributed by atoms with van der Waals surface area (Å²) in [4.78, 5) is 12.2. The first-order chi connectivity index (χ1) is 9.93. The van der Waals surface area contributed by atoms with Crippen LogP contribution in [0.3, 0.4) is 0 Å². The van der Waals surface area contributed by atoms with Gasteiger partial charge >= 0.3 is 0 Å². The minimum absolute atomic E-state index is 0.213. The van der Waals surface area contributed by atoms with Gasteiger partial charge in [-0.2, -0.15) is 0 Å². The third kappa shape index (κ3) is 4.44. The van der Waals surface area contributed by atoms with Crippen LogP contribution in [0.15, 0.2) is 22.7 Å². The quantitative estimate of drug-likeness (QED) is 0.831. The van der Waals surface area contributed by atoms with Crippen LogP contribution in [0.2, 0.25) is 5.02 Å². The summed E-state index contributed by atoms with van der Waals surface area (Å²) < 4.78 is 0.700. The summed E-state index contributed by atoms with van der Waals surface area (Å²) in [6, 6.07) is 5.10. The van der Waals surface area contributed by atoms with Crippen LogP contribution in [0.1, 0.15) is 49.4 Å². The van der Waals surface area contributed by atoms with Crippen molar-refractivity contribution in [3.63, 3.8) is 0 Å². The highest BCUT2D eigenvalue weighted by Crippen LogP contribution is 2.33. The van der Waals surface area contributed by atoms with E-state index in [1.807, 2.05) is 0 Å². The van der Waals surface area contributed by atoms with Gasteiger partial charge in [0.2, 0.25) is 0 Å². The van der Waals surface area contributed by atoms with Gasteiger partial charge in [0.05, 0.1) is 11.2 Å². The topological polar surface area (TPSA) is 49.3 Å². The van der Waals surface area contributed by atoms with Gasteiger partial charge in [-0.25, -0.2) is 0 Å². The van der Waals surface area contributed by atoms with Crippen LogP contribution < -0.4 is 5.32 Å². The lowest BCUT2D eigenvalue weighted by Crippen LogP contribution is -2.45. The first-order valence-electron chi connectivity index (χ1n) is 7.39. The van der Waals surface area contributed by atoms with Crippen LogP contribution >= 0.6 is 27.5 Å². The molecule has 0 bridgehead atoms. The van der Waals surface area contributed by atoms with Crippen molar-refractivity contribution in [2.45, 2.75) is 44.6 Å². The summed E-state index contributed by atoms with van der Waals surface area (Å²) in [6.45, 7) is 2.48. The molecule has 0 spiro atoms. The Hall–Kier alpha value is -0.580. The van der Waals surface area contributed by atoms with Gasteiger partial charge in [-0.15, -0.1) is 0 Å². The van der Waals surface area contributed by atoms with Crippen LogP contribution in [-0.2, 0) is 0 Å². The van der Waals surface area contributed by atoms with Crippen LogP contribution in [0.25, 0.3) is 0 Å². The number of carbonyl (C=O) groups excluding carboxylic acids is 1. The molecule has 21 heavy (non-hydrogen) atoms. The van der Waals surface area contributed by atoms with Gasteiger partial charge in [-0.1, -0.05) is 24.9 Å². The average Bonchev–Trinajstić information content (AvgIpc) is 2.48. The second-order valence-corrected chi connectivity index (χ2v) is 7.17. The maximum atomic E-state index is 12.2. The lowest BCUT2D eigenvalue weighted by molar-refractivity contribution is -0.00787. The summed E-state index contributed by atoms with van der Waals surface area (Å²) in [5.74, 6) is 0.499. The van der Waals surface area contributed by atoms with E-state index in [-0.39, 0.29) is 5.91 Å². The van der Waals surface area contributed by atoms with E-state index in [0.29, 0.717) is 27.5 Å². The molecular weight excluding hydrogens is 354 g/mol. The summed E-state index contributed by atoms with van der Waals surface area (Å²) in [5, 5.41) is 13.9. The number of benzene rings is 1. The third-order valence-corrected chi connectivity index (χ3v) is 5.29. The average molecular weight is 375 g/mol. The van der Waals surface area contributed by atoms with E-state index in [2.05, 4.69) is 28.2 Å². The Kier molecular flexibility index (Phi) is 5.69. The first-order valence-corrected chi connectivity index (χ1v) is 8.56. The Balaban J connectivity index is 1.93. The molecule has 0 aliphatic heterocycles. The standard InChI is InChI=1S/C16H21BrClNO2/c1-2-11-5-7-16(21,8-6-11)10-19-15(20)13-9-12(18)3-4-14(13)17/h3-4,9,11,21H,2,5-8,10H2,1H3,(H,19,20). The Morgan fingerprint density at radius 1 is 1.48 bits per heavy atom. The molecule has 0 unspecified atom stereocenters. The fourth-order valence-electron chi connectivity index (χ4n) is 2.81. The fraction of sp³-hybridized carbons (Fsp3) is 0.562. The predicted octanol–water partition coefficient (Wildman–Crippen LogP) is 4.16. The Morgan fingerprint density at radius 3 is 2.76 bits per heavy atom. The second-order valence-electron chi connectivity index (χ2n) is 5.88. The van der Waals surface area contributed by atoms with Crippen LogP contribution in [0, 0.1) is 5.92 Å². The lowest BCUT2D eigenvalue weighted by Gasteiger charge is -2.35. The molecule has 1 aromatic carbocycles. The first kappa shape index (κ1) is 16.8. The van der Waals surface area contributed by atoms with Gasteiger partial charge in [0.1, 0.15) is 0 Å². The van der Waals surface area contributed by atoms with Gasteiger partial charge in [-0.05, 0) is 65.7 Å². The van der Waals surface area contributed by atoms with Crippen molar-refractivity contribution < 1.29 is 9.90 Å². The Morgan fingerprint density at radius 2 is 2.14 bits per heavy atom. The van der Waals surface area contributed by atoms with Crippen molar-refractivity contribution in [1.29, 1.82) is 0 Å². The normalized spacial score (nSPS) is 25.6. The molecule has 1 amide bonds. The molecule has 0 saturated heterocycles. The summed E-state index contributed by atoms with van der Waals surface area (Å²) in [7, 11) is 0. The maximum Gasteiger partial charge on any atom is 0.252 e. The highest BCUT2D eigenvalue weighted by molar-refractivity contribution is 9.10. The predicted molar refractivity (Wildman–Crippen MR) is 88.7 cm³/mol. The van der Waals surface area contributed by atoms with E-state index in [4.69, 9.17) is 11.6 Å². The van der Waals surface area contributed by atoms with Crippen molar-refractivity contribution in [3.05, 3.63) is 33.3 Å². The van der Waals surface area contributed by atoms with Crippen LogP contribution in [-0.4, -0.2) is 23.2 Å². The minimum Gasteiger partial charge on any atom is -0.388 e. The fourth-order valence-corrected chi connectivity index (χ4v) is 3.41. The van der Waals surface area contributed by atoms with Gasteiger partial charge in [0.15, 0.2) is 0 Å². The van der Waals surface area contributed by atoms with Gasteiger partial charge in [0.25, 0.3) is 5.91 Å². The summed E-state index contributed by atoms with van der Waals surface area (Å²) in [6.07, 6.45) is 4.73. The molecule has 5 heteroatoms. The molecule has 2 rings (SSSR count). The molecule has 0 aromatic heterocycles. The molecule has 1 aliphatic carbocycles. The number of rotatable bonds is 4. The third-order valence-electron chi connectivity index (χ3n) is 4.36. The summed E-state index contributed by atoms with van der Waals surface area (Å²) in [5.41, 5.74) is -0.278. The Labute approximate surface area is 139 Å². The van der Waals surface area contributed by atoms with Gasteiger partial charge < -0.3 is 10.4 Å². The zero-order chi connectivity index (χ0) is 15.5. The van der Waals surface area contributed by atoms with E-state index in [1.54, 1.807) is 18.2 Å². The highest BCUT2D eigenvalue weighted by atomic mass is 79.9. The number of aliphatic hydroxyl groups is 1.